The molecule has 3 aromatic carbocycles. The van der Waals surface area contributed by atoms with E-state index in [1.165, 1.54) is 0 Å². The van der Waals surface area contributed by atoms with Crippen LogP contribution in [0.2, 0.25) is 0 Å². The molecule has 2 heterocycles. The first-order valence-corrected chi connectivity index (χ1v) is 11.2. The first-order chi connectivity index (χ1) is 16.1. The monoisotopic (exact) mass is 435 g/mol. The van der Waals surface area contributed by atoms with Gasteiger partial charge in [-0.25, -0.2) is 0 Å². The topological polar surface area (TPSA) is 53.5 Å². The molecule has 0 saturated carbocycles. The van der Waals surface area contributed by atoms with Crippen molar-refractivity contribution in [3.05, 3.63) is 102 Å². The van der Waals surface area contributed by atoms with Gasteiger partial charge in [-0.05, 0) is 49.2 Å². The van der Waals surface area contributed by atoms with Gasteiger partial charge in [0.1, 0.15) is 0 Å². The number of carbonyl (C=O) groups excluding carboxylic acids is 2. The van der Waals surface area contributed by atoms with E-state index in [0.29, 0.717) is 12.0 Å². The first-order valence-electron chi connectivity index (χ1n) is 11.2. The number of benzene rings is 3. The highest BCUT2D eigenvalue weighted by molar-refractivity contribution is 6.14. The fourth-order valence-electron chi connectivity index (χ4n) is 4.92. The van der Waals surface area contributed by atoms with Crippen LogP contribution in [0, 0.1) is 0 Å². The molecular weight excluding hydrogens is 410 g/mol. The normalized spacial score (nSPS) is 17.5. The van der Waals surface area contributed by atoms with Gasteiger partial charge in [0.2, 0.25) is 5.91 Å². The van der Waals surface area contributed by atoms with Crippen molar-refractivity contribution >= 4 is 34.1 Å². The highest BCUT2D eigenvalue weighted by Crippen LogP contribution is 2.43. The Hall–Kier alpha value is -3.99. The first kappa shape index (κ1) is 20.9. The second-order valence-corrected chi connectivity index (χ2v) is 8.43. The van der Waals surface area contributed by atoms with Gasteiger partial charge in [-0.15, -0.1) is 0 Å². The number of fused-ring (bicyclic) bond motifs is 2. The van der Waals surface area contributed by atoms with Crippen molar-refractivity contribution in [1.82, 2.24) is 4.98 Å². The Kier molecular flexibility index (Phi) is 5.38. The minimum atomic E-state index is -0.158. The van der Waals surface area contributed by atoms with E-state index in [0.717, 1.165) is 27.8 Å². The van der Waals surface area contributed by atoms with Crippen molar-refractivity contribution in [3.8, 4) is 0 Å². The van der Waals surface area contributed by atoms with Gasteiger partial charge in [-0.2, -0.15) is 0 Å². The highest BCUT2D eigenvalue weighted by atomic mass is 16.2. The molecule has 0 saturated heterocycles. The molecule has 1 aliphatic heterocycles. The van der Waals surface area contributed by atoms with Crippen LogP contribution in [0.25, 0.3) is 10.9 Å². The van der Waals surface area contributed by atoms with Crippen LogP contribution in [0.1, 0.15) is 42.2 Å². The Morgan fingerprint density at radius 3 is 2.39 bits per heavy atom. The maximum absolute atomic E-state index is 13.9. The van der Waals surface area contributed by atoms with Crippen LogP contribution >= 0.6 is 0 Å². The van der Waals surface area contributed by atoms with Crippen LogP contribution in [-0.2, 0) is 4.79 Å². The number of nitrogens with zero attached hydrogens (tertiary/aromatic N) is 3. The molecule has 2 unspecified atom stereocenters. The van der Waals surface area contributed by atoms with Gasteiger partial charge in [0.25, 0.3) is 5.91 Å². The minimum Gasteiger partial charge on any atom is -0.305 e. The van der Waals surface area contributed by atoms with E-state index < -0.39 is 0 Å². The number of hydrogen-bond acceptors (Lipinski definition) is 3. The fourth-order valence-corrected chi connectivity index (χ4v) is 4.92. The lowest BCUT2D eigenvalue weighted by Crippen LogP contribution is -2.47. The third-order valence-electron chi connectivity index (χ3n) is 6.34. The SMILES string of the molecule is CC(=O)N(c1ccccc1)C1CC(C)N(C(=O)c2ccnc3ccccc23)c2ccccc21. The van der Waals surface area contributed by atoms with Crippen LogP contribution in [0.5, 0.6) is 0 Å². The van der Waals surface area contributed by atoms with Crippen LogP contribution < -0.4 is 9.80 Å². The average molecular weight is 436 g/mol. The summed E-state index contributed by atoms with van der Waals surface area (Å²) in [5.74, 6) is -0.0748. The van der Waals surface area contributed by atoms with Crippen LogP contribution in [-0.4, -0.2) is 22.8 Å². The van der Waals surface area contributed by atoms with E-state index >= 15 is 0 Å². The Balaban J connectivity index is 1.61. The van der Waals surface area contributed by atoms with Gasteiger partial charge in [0, 0.05) is 35.9 Å². The summed E-state index contributed by atoms with van der Waals surface area (Å²) in [5.41, 5.74) is 4.10. The number of aromatic nitrogens is 1. The van der Waals surface area contributed by atoms with E-state index in [-0.39, 0.29) is 23.9 Å². The Bertz CT molecular complexity index is 1330. The molecule has 0 bridgehead atoms. The molecule has 164 valence electrons. The number of anilines is 2. The second kappa shape index (κ2) is 8.51. The molecule has 33 heavy (non-hydrogen) atoms. The van der Waals surface area contributed by atoms with Gasteiger partial charge in [0.15, 0.2) is 0 Å². The smallest absolute Gasteiger partial charge is 0.259 e. The maximum Gasteiger partial charge on any atom is 0.259 e. The van der Waals surface area contributed by atoms with E-state index in [9.17, 15) is 9.59 Å². The third kappa shape index (κ3) is 3.65. The van der Waals surface area contributed by atoms with Crippen molar-refractivity contribution in [1.29, 1.82) is 0 Å². The molecule has 0 aliphatic carbocycles. The summed E-state index contributed by atoms with van der Waals surface area (Å²) < 4.78 is 0. The van der Waals surface area contributed by atoms with Gasteiger partial charge >= 0.3 is 0 Å². The Morgan fingerprint density at radius 1 is 0.909 bits per heavy atom. The zero-order valence-electron chi connectivity index (χ0n) is 18.7. The van der Waals surface area contributed by atoms with E-state index in [4.69, 9.17) is 0 Å². The molecule has 5 nitrogen and oxygen atoms in total. The lowest BCUT2D eigenvalue weighted by atomic mass is 9.89. The molecule has 2 amide bonds. The molecule has 0 N–H and O–H groups in total. The largest absolute Gasteiger partial charge is 0.305 e. The van der Waals surface area contributed by atoms with Crippen molar-refractivity contribution in [2.75, 3.05) is 9.80 Å². The van der Waals surface area contributed by atoms with Gasteiger partial charge in [-0.1, -0.05) is 54.6 Å². The van der Waals surface area contributed by atoms with Crippen LogP contribution in [0.3, 0.4) is 0 Å². The summed E-state index contributed by atoms with van der Waals surface area (Å²) in [6.07, 6.45) is 2.33. The lowest BCUT2D eigenvalue weighted by molar-refractivity contribution is -0.117. The lowest BCUT2D eigenvalue weighted by Gasteiger charge is -2.43. The summed E-state index contributed by atoms with van der Waals surface area (Å²) >= 11 is 0. The third-order valence-corrected chi connectivity index (χ3v) is 6.34. The zero-order chi connectivity index (χ0) is 22.9. The number of carbonyl (C=O) groups is 2. The summed E-state index contributed by atoms with van der Waals surface area (Å²) in [6, 6.07) is 26.9. The fraction of sp³-hybridized carbons (Fsp3) is 0.179. The van der Waals surface area contributed by atoms with Gasteiger partial charge < -0.3 is 9.80 Å². The van der Waals surface area contributed by atoms with Gasteiger partial charge in [-0.3, -0.25) is 14.6 Å². The van der Waals surface area contributed by atoms with Crippen molar-refractivity contribution in [2.45, 2.75) is 32.4 Å². The minimum absolute atomic E-state index is 0.0203. The van der Waals surface area contributed by atoms with Crippen molar-refractivity contribution < 1.29 is 9.59 Å². The van der Waals surface area contributed by atoms with Gasteiger partial charge in [0.05, 0.1) is 17.1 Å². The molecular formula is C28H25N3O2. The molecule has 5 heteroatoms. The molecule has 1 aromatic heterocycles. The summed E-state index contributed by atoms with van der Waals surface area (Å²) in [7, 11) is 0. The van der Waals surface area contributed by atoms with Crippen molar-refractivity contribution in [2.24, 2.45) is 0 Å². The molecule has 2 atom stereocenters. The number of amides is 2. The molecule has 0 fully saturated rings. The number of hydrogen-bond donors (Lipinski definition) is 0. The summed E-state index contributed by atoms with van der Waals surface area (Å²) in [6.45, 7) is 3.65. The Morgan fingerprint density at radius 2 is 1.61 bits per heavy atom. The molecule has 1 aliphatic rings. The zero-order valence-corrected chi connectivity index (χ0v) is 18.7. The standard InChI is InChI=1S/C28H25N3O2/c1-19-18-27(31(20(2)32)21-10-4-3-5-11-21)24-13-7-9-15-26(24)30(19)28(33)23-16-17-29-25-14-8-6-12-22(23)25/h3-17,19,27H,18H2,1-2H3. The van der Waals surface area contributed by atoms with Crippen LogP contribution in [0.15, 0.2) is 91.1 Å². The molecule has 5 rings (SSSR count). The number of para-hydroxylation sites is 3. The number of rotatable bonds is 3. The summed E-state index contributed by atoms with van der Waals surface area (Å²) in [5, 5.41) is 0.839. The average Bonchev–Trinajstić information content (AvgIpc) is 2.84. The molecule has 4 aromatic rings. The van der Waals surface area contributed by atoms with E-state index in [1.54, 1.807) is 19.2 Å². The van der Waals surface area contributed by atoms with Crippen molar-refractivity contribution in [3.63, 3.8) is 0 Å². The van der Waals surface area contributed by atoms with E-state index in [1.807, 2.05) is 95.6 Å². The number of pyridine rings is 1. The van der Waals surface area contributed by atoms with Crippen LogP contribution in [0.4, 0.5) is 11.4 Å². The molecule has 0 spiro atoms. The van der Waals surface area contributed by atoms with E-state index in [2.05, 4.69) is 4.98 Å². The predicted octanol–water partition coefficient (Wildman–Crippen LogP) is 5.77. The maximum atomic E-state index is 13.9. The quantitative estimate of drug-likeness (QED) is 0.411. The Labute approximate surface area is 193 Å². The second-order valence-electron chi connectivity index (χ2n) is 8.43. The predicted molar refractivity (Wildman–Crippen MR) is 131 cm³/mol. The molecule has 0 radical (unpaired) electrons. The summed E-state index contributed by atoms with van der Waals surface area (Å²) in [4.78, 5) is 34.8. The highest BCUT2D eigenvalue weighted by Gasteiger charge is 2.38.